The number of pyridine rings is 1. The average Bonchev–Trinajstić information content (AvgIpc) is 3.36. The highest BCUT2D eigenvalue weighted by atomic mass is 32.2. The summed E-state index contributed by atoms with van der Waals surface area (Å²) in [7, 11) is -1.62. The first-order chi connectivity index (χ1) is 21.0. The van der Waals surface area contributed by atoms with E-state index in [1.54, 1.807) is 24.7 Å². The number of ether oxygens (including phenoxy) is 3. The van der Waals surface area contributed by atoms with Crippen LogP contribution in [-0.4, -0.2) is 79.1 Å². The lowest BCUT2D eigenvalue weighted by Crippen LogP contribution is -2.47. The summed E-state index contributed by atoms with van der Waals surface area (Å²) < 4.78 is 70.8. The summed E-state index contributed by atoms with van der Waals surface area (Å²) in [5.74, 6) is -1.12. The number of fused-ring (bicyclic) bond motifs is 1. The number of methoxy groups -OCH3 is 1. The number of anilines is 2. The highest BCUT2D eigenvalue weighted by molar-refractivity contribution is 7.90. The summed E-state index contributed by atoms with van der Waals surface area (Å²) in [5, 5.41) is 7.80. The SMILES string of the molecule is COCCOc1cc(F)c(-c2ccc3cnc(Nc4cnccc4C4CC(C)C(OCCS(C)(=O)=O)C(N)C4)n3n2)c(F)c1. The number of nitrogens with one attached hydrogen (secondary N) is 1. The maximum absolute atomic E-state index is 15.1. The van der Waals surface area contributed by atoms with Crippen molar-refractivity contribution in [3.63, 3.8) is 0 Å². The zero-order chi connectivity index (χ0) is 31.4. The van der Waals surface area contributed by atoms with Crippen LogP contribution in [0.4, 0.5) is 20.4 Å². The van der Waals surface area contributed by atoms with Gasteiger partial charge in [-0.2, -0.15) is 9.61 Å². The Morgan fingerprint density at radius 2 is 1.86 bits per heavy atom. The Morgan fingerprint density at radius 3 is 2.57 bits per heavy atom. The Morgan fingerprint density at radius 1 is 1.09 bits per heavy atom. The lowest BCUT2D eigenvalue weighted by Gasteiger charge is -2.39. The zero-order valence-corrected chi connectivity index (χ0v) is 25.6. The molecule has 11 nitrogen and oxygen atoms in total. The van der Waals surface area contributed by atoms with Crippen LogP contribution in [0.25, 0.3) is 16.8 Å². The van der Waals surface area contributed by atoms with Gasteiger partial charge >= 0.3 is 0 Å². The van der Waals surface area contributed by atoms with Gasteiger partial charge in [0.05, 0.1) is 59.9 Å². The summed E-state index contributed by atoms with van der Waals surface area (Å²) in [6.45, 7) is 2.60. The molecule has 1 aromatic carbocycles. The molecule has 4 atom stereocenters. The highest BCUT2D eigenvalue weighted by Gasteiger charge is 2.36. The Bertz CT molecular complexity index is 1680. The number of aromatic nitrogens is 4. The molecule has 0 saturated heterocycles. The fourth-order valence-electron chi connectivity index (χ4n) is 5.65. The molecular weight excluding hydrogens is 594 g/mol. The van der Waals surface area contributed by atoms with Gasteiger partial charge in [-0.25, -0.2) is 22.2 Å². The number of rotatable bonds is 12. The normalized spacial score (nSPS) is 20.6. The Kier molecular flexibility index (Phi) is 9.73. The van der Waals surface area contributed by atoms with E-state index in [2.05, 4.69) is 27.3 Å². The first-order valence-electron chi connectivity index (χ1n) is 14.3. The van der Waals surface area contributed by atoms with Gasteiger partial charge in [-0.05, 0) is 48.4 Å². The minimum atomic E-state index is -3.13. The van der Waals surface area contributed by atoms with E-state index in [0.29, 0.717) is 23.6 Å². The molecule has 0 bridgehead atoms. The summed E-state index contributed by atoms with van der Waals surface area (Å²) >= 11 is 0. The first-order valence-corrected chi connectivity index (χ1v) is 16.3. The van der Waals surface area contributed by atoms with Crippen LogP contribution in [-0.2, 0) is 19.3 Å². The van der Waals surface area contributed by atoms with Gasteiger partial charge in [-0.15, -0.1) is 0 Å². The Labute approximate surface area is 254 Å². The number of nitrogens with two attached hydrogens (primary N) is 1. The van der Waals surface area contributed by atoms with Gasteiger partial charge in [0.2, 0.25) is 5.95 Å². The van der Waals surface area contributed by atoms with Gasteiger partial charge in [-0.3, -0.25) is 4.98 Å². The van der Waals surface area contributed by atoms with Crippen molar-refractivity contribution < 1.29 is 31.4 Å². The molecule has 3 heterocycles. The Hall–Kier alpha value is -3.72. The molecule has 0 aliphatic heterocycles. The van der Waals surface area contributed by atoms with Gasteiger partial charge in [0, 0.05) is 37.7 Å². The minimum absolute atomic E-state index is 0.0489. The summed E-state index contributed by atoms with van der Waals surface area (Å²) in [5.41, 5.74) is 8.62. The predicted octanol–water partition coefficient (Wildman–Crippen LogP) is 4.11. The molecule has 1 aliphatic carbocycles. The second kappa shape index (κ2) is 13.5. The monoisotopic (exact) mass is 630 g/mol. The van der Waals surface area contributed by atoms with Gasteiger partial charge in [0.15, 0.2) is 0 Å². The molecule has 5 rings (SSSR count). The number of halogens is 2. The van der Waals surface area contributed by atoms with E-state index in [0.717, 1.165) is 24.1 Å². The fourth-order valence-corrected chi connectivity index (χ4v) is 6.05. The van der Waals surface area contributed by atoms with Crippen molar-refractivity contribution in [2.24, 2.45) is 11.7 Å². The molecule has 0 spiro atoms. The molecule has 14 heteroatoms. The molecule has 4 aromatic rings. The Balaban J connectivity index is 1.36. The molecule has 4 unspecified atom stereocenters. The second-order valence-corrected chi connectivity index (χ2v) is 13.4. The highest BCUT2D eigenvalue weighted by Crippen LogP contribution is 2.40. The van der Waals surface area contributed by atoms with E-state index >= 15 is 8.78 Å². The topological polar surface area (TPSA) is 143 Å². The van der Waals surface area contributed by atoms with Gasteiger partial charge in [0.25, 0.3) is 0 Å². The van der Waals surface area contributed by atoms with Crippen molar-refractivity contribution in [3.05, 3.63) is 66.1 Å². The van der Waals surface area contributed by atoms with E-state index < -0.39 is 21.5 Å². The number of sulfone groups is 1. The quantitative estimate of drug-likeness (QED) is 0.220. The van der Waals surface area contributed by atoms with E-state index in [1.807, 2.05) is 6.07 Å². The number of benzene rings is 1. The second-order valence-electron chi connectivity index (χ2n) is 11.1. The van der Waals surface area contributed by atoms with Crippen molar-refractivity contribution in [2.45, 2.75) is 37.8 Å². The van der Waals surface area contributed by atoms with Crippen LogP contribution in [0.2, 0.25) is 0 Å². The molecule has 0 amide bonds. The molecule has 0 radical (unpaired) electrons. The fraction of sp³-hybridized carbons (Fsp3) is 0.433. The zero-order valence-electron chi connectivity index (χ0n) is 24.7. The number of hydrogen-bond acceptors (Lipinski definition) is 10. The summed E-state index contributed by atoms with van der Waals surface area (Å²) in [6.07, 6.45) is 7.32. The summed E-state index contributed by atoms with van der Waals surface area (Å²) in [4.78, 5) is 8.75. The third-order valence-corrected chi connectivity index (χ3v) is 8.62. The molecule has 1 saturated carbocycles. The lowest BCUT2D eigenvalue weighted by molar-refractivity contribution is -0.0152. The van der Waals surface area contributed by atoms with Gasteiger partial charge in [0.1, 0.15) is 33.8 Å². The number of hydrogen-bond donors (Lipinski definition) is 2. The van der Waals surface area contributed by atoms with E-state index in [4.69, 9.17) is 19.9 Å². The lowest BCUT2D eigenvalue weighted by atomic mass is 9.74. The average molecular weight is 631 g/mol. The van der Waals surface area contributed by atoms with Crippen molar-refractivity contribution in [2.75, 3.05) is 44.3 Å². The van der Waals surface area contributed by atoms with Crippen LogP contribution in [0.3, 0.4) is 0 Å². The standard InChI is InChI=1S/C30H36F2N6O5S/c1-18-12-19(13-25(33)29(18)43-10-11-44(3,39)40)22-6-7-34-17-27(22)36-30-35-16-20-4-5-26(37-38(20)30)28-23(31)14-21(15-24(28)32)42-9-8-41-2/h4-7,14-19,25,29H,8-13,33H2,1-3H3,(H,35,36). The van der Waals surface area contributed by atoms with Crippen LogP contribution in [0.15, 0.2) is 48.9 Å². The molecule has 1 fully saturated rings. The molecule has 1 aliphatic rings. The molecule has 3 N–H and O–H groups in total. The van der Waals surface area contributed by atoms with Crippen molar-refractivity contribution in [1.82, 2.24) is 19.6 Å². The van der Waals surface area contributed by atoms with Crippen molar-refractivity contribution in [3.8, 4) is 17.0 Å². The maximum atomic E-state index is 15.1. The van der Waals surface area contributed by atoms with Crippen LogP contribution >= 0.6 is 0 Å². The van der Waals surface area contributed by atoms with Gasteiger partial charge < -0.3 is 25.3 Å². The van der Waals surface area contributed by atoms with E-state index in [-0.39, 0.29) is 66.6 Å². The van der Waals surface area contributed by atoms with E-state index in [9.17, 15) is 8.42 Å². The molecule has 236 valence electrons. The van der Waals surface area contributed by atoms with E-state index in [1.165, 1.54) is 23.9 Å². The van der Waals surface area contributed by atoms with Crippen molar-refractivity contribution in [1.29, 1.82) is 0 Å². The minimum Gasteiger partial charge on any atom is -0.491 e. The maximum Gasteiger partial charge on any atom is 0.229 e. The van der Waals surface area contributed by atoms with Crippen LogP contribution in [0.5, 0.6) is 5.75 Å². The molecule has 44 heavy (non-hydrogen) atoms. The number of nitrogens with zero attached hydrogens (tertiary/aromatic N) is 4. The number of imidazole rings is 1. The van der Waals surface area contributed by atoms with Crippen LogP contribution in [0, 0.1) is 17.6 Å². The van der Waals surface area contributed by atoms with Crippen LogP contribution < -0.4 is 15.8 Å². The third kappa shape index (κ3) is 7.32. The smallest absolute Gasteiger partial charge is 0.229 e. The first kappa shape index (κ1) is 31.7. The molecular formula is C30H36F2N6O5S. The van der Waals surface area contributed by atoms with Crippen LogP contribution in [0.1, 0.15) is 31.2 Å². The predicted molar refractivity (Wildman–Crippen MR) is 162 cm³/mol. The van der Waals surface area contributed by atoms with Gasteiger partial charge in [-0.1, -0.05) is 6.92 Å². The third-order valence-electron chi connectivity index (χ3n) is 7.71. The van der Waals surface area contributed by atoms with Crippen molar-refractivity contribution >= 4 is 27.0 Å². The molecule has 3 aromatic heterocycles. The summed E-state index contributed by atoms with van der Waals surface area (Å²) in [6, 6.07) is 7.08. The largest absolute Gasteiger partial charge is 0.491 e.